The predicted octanol–water partition coefficient (Wildman–Crippen LogP) is 1.05. The lowest BCUT2D eigenvalue weighted by molar-refractivity contribution is 0.240. The van der Waals surface area contributed by atoms with Crippen molar-refractivity contribution in [1.82, 2.24) is 19.4 Å². The molecule has 0 saturated carbocycles. The Hall–Kier alpha value is -0.920. The Bertz CT molecular complexity index is 553. The zero-order chi connectivity index (χ0) is 15.5. The highest BCUT2D eigenvalue weighted by Crippen LogP contribution is 2.20. The van der Waals surface area contributed by atoms with Crippen LogP contribution in [-0.2, 0) is 23.1 Å². The SMILES string of the molecule is CC(C)NCc1cnn(CC2CCCN(S(C)(=O)=O)C2)c1. The second-order valence-corrected chi connectivity index (χ2v) is 8.22. The molecule has 2 heterocycles. The molecule has 2 rings (SSSR count). The molecule has 1 atom stereocenters. The summed E-state index contributed by atoms with van der Waals surface area (Å²) < 4.78 is 26.8. The topological polar surface area (TPSA) is 67.2 Å². The molecule has 1 aliphatic heterocycles. The molecule has 1 N–H and O–H groups in total. The Balaban J connectivity index is 1.89. The number of hydrogen-bond acceptors (Lipinski definition) is 4. The first-order valence-electron chi connectivity index (χ1n) is 7.54. The van der Waals surface area contributed by atoms with Crippen molar-refractivity contribution in [2.24, 2.45) is 5.92 Å². The van der Waals surface area contributed by atoms with E-state index in [2.05, 4.69) is 30.5 Å². The van der Waals surface area contributed by atoms with Gasteiger partial charge in [-0.15, -0.1) is 0 Å². The predicted molar refractivity (Wildman–Crippen MR) is 83.3 cm³/mol. The van der Waals surface area contributed by atoms with Gasteiger partial charge >= 0.3 is 0 Å². The zero-order valence-corrected chi connectivity index (χ0v) is 13.9. The van der Waals surface area contributed by atoms with Crippen molar-refractivity contribution in [3.63, 3.8) is 0 Å². The Morgan fingerprint density at radius 2 is 2.24 bits per heavy atom. The largest absolute Gasteiger partial charge is 0.310 e. The van der Waals surface area contributed by atoms with Gasteiger partial charge in [0.05, 0.1) is 12.5 Å². The van der Waals surface area contributed by atoms with Crippen LogP contribution in [0.15, 0.2) is 12.4 Å². The smallest absolute Gasteiger partial charge is 0.211 e. The van der Waals surface area contributed by atoms with Gasteiger partial charge < -0.3 is 5.32 Å². The molecule has 0 spiro atoms. The Morgan fingerprint density at radius 1 is 1.48 bits per heavy atom. The Labute approximate surface area is 127 Å². The van der Waals surface area contributed by atoms with Crippen molar-refractivity contribution >= 4 is 10.0 Å². The van der Waals surface area contributed by atoms with Crippen molar-refractivity contribution < 1.29 is 8.42 Å². The van der Waals surface area contributed by atoms with E-state index in [9.17, 15) is 8.42 Å². The van der Waals surface area contributed by atoms with Crippen LogP contribution in [0.3, 0.4) is 0 Å². The monoisotopic (exact) mass is 314 g/mol. The van der Waals surface area contributed by atoms with Crippen LogP contribution in [0.2, 0.25) is 0 Å². The standard InChI is InChI=1S/C14H26N4O2S/c1-12(2)15-7-14-8-16-17(10-14)9-13-5-4-6-18(11-13)21(3,19)20/h8,10,12-13,15H,4-7,9,11H2,1-3H3. The average molecular weight is 314 g/mol. The second kappa shape index (κ2) is 6.89. The van der Waals surface area contributed by atoms with E-state index in [0.717, 1.165) is 25.9 Å². The molecule has 21 heavy (non-hydrogen) atoms. The lowest BCUT2D eigenvalue weighted by atomic mass is 10.00. The third-order valence-corrected chi connectivity index (χ3v) is 5.07. The zero-order valence-electron chi connectivity index (χ0n) is 13.1. The van der Waals surface area contributed by atoms with E-state index in [1.165, 1.54) is 11.8 Å². The number of nitrogens with one attached hydrogen (secondary N) is 1. The van der Waals surface area contributed by atoms with Crippen molar-refractivity contribution in [2.45, 2.75) is 45.8 Å². The summed E-state index contributed by atoms with van der Waals surface area (Å²) in [5.74, 6) is 0.347. The van der Waals surface area contributed by atoms with Gasteiger partial charge in [-0.1, -0.05) is 13.8 Å². The first-order chi connectivity index (χ1) is 9.84. The molecular weight excluding hydrogens is 288 g/mol. The molecular formula is C14H26N4O2S. The summed E-state index contributed by atoms with van der Waals surface area (Å²) in [6.07, 6.45) is 7.21. The molecule has 1 aromatic rings. The van der Waals surface area contributed by atoms with Crippen molar-refractivity contribution in [1.29, 1.82) is 0 Å². The molecule has 0 aliphatic carbocycles. The van der Waals surface area contributed by atoms with E-state index in [-0.39, 0.29) is 0 Å². The minimum absolute atomic E-state index is 0.347. The van der Waals surface area contributed by atoms with Gasteiger partial charge in [0.1, 0.15) is 0 Å². The van der Waals surface area contributed by atoms with Gasteiger partial charge in [-0.25, -0.2) is 12.7 Å². The number of aromatic nitrogens is 2. The first kappa shape index (κ1) is 16.5. The van der Waals surface area contributed by atoms with Gasteiger partial charge in [0, 0.05) is 44.0 Å². The molecule has 1 fully saturated rings. The number of nitrogens with zero attached hydrogens (tertiary/aromatic N) is 3. The molecule has 1 unspecified atom stereocenters. The number of piperidine rings is 1. The fourth-order valence-electron chi connectivity index (χ4n) is 2.66. The molecule has 6 nitrogen and oxygen atoms in total. The Morgan fingerprint density at radius 3 is 2.90 bits per heavy atom. The Kier molecular flexibility index (Phi) is 5.40. The highest BCUT2D eigenvalue weighted by molar-refractivity contribution is 7.88. The van der Waals surface area contributed by atoms with Crippen LogP contribution >= 0.6 is 0 Å². The average Bonchev–Trinajstić information content (AvgIpc) is 2.83. The summed E-state index contributed by atoms with van der Waals surface area (Å²) in [7, 11) is -3.07. The van der Waals surface area contributed by atoms with E-state index >= 15 is 0 Å². The first-order valence-corrected chi connectivity index (χ1v) is 9.39. The van der Waals surface area contributed by atoms with E-state index in [1.807, 2.05) is 10.9 Å². The maximum atomic E-state index is 11.6. The van der Waals surface area contributed by atoms with Crippen LogP contribution < -0.4 is 5.32 Å². The van der Waals surface area contributed by atoms with Crippen molar-refractivity contribution in [3.8, 4) is 0 Å². The summed E-state index contributed by atoms with van der Waals surface area (Å²) in [6.45, 7) is 7.10. The molecule has 0 radical (unpaired) electrons. The molecule has 0 aromatic carbocycles. The highest BCUT2D eigenvalue weighted by Gasteiger charge is 2.26. The number of rotatable bonds is 6. The molecule has 0 amide bonds. The highest BCUT2D eigenvalue weighted by atomic mass is 32.2. The fourth-order valence-corrected chi connectivity index (χ4v) is 3.60. The summed E-state index contributed by atoms with van der Waals surface area (Å²) in [5.41, 5.74) is 1.17. The summed E-state index contributed by atoms with van der Waals surface area (Å²) >= 11 is 0. The molecule has 0 bridgehead atoms. The molecule has 1 aromatic heterocycles. The van der Waals surface area contributed by atoms with Crippen molar-refractivity contribution in [2.75, 3.05) is 19.3 Å². The summed E-state index contributed by atoms with van der Waals surface area (Å²) in [6, 6.07) is 0.454. The normalized spacial score (nSPS) is 21.0. The molecule has 120 valence electrons. The maximum absolute atomic E-state index is 11.6. The number of hydrogen-bond donors (Lipinski definition) is 1. The van der Waals surface area contributed by atoms with Crippen LogP contribution in [0, 0.1) is 5.92 Å². The van der Waals surface area contributed by atoms with Crippen LogP contribution in [-0.4, -0.2) is 47.9 Å². The third kappa shape index (κ3) is 5.09. The molecule has 7 heteroatoms. The van der Waals surface area contributed by atoms with Gasteiger partial charge in [0.25, 0.3) is 0 Å². The van der Waals surface area contributed by atoms with Crippen LogP contribution in [0.5, 0.6) is 0 Å². The number of sulfonamides is 1. The molecule has 1 aliphatic rings. The summed E-state index contributed by atoms with van der Waals surface area (Å²) in [5, 5.41) is 7.75. The van der Waals surface area contributed by atoms with Crippen LogP contribution in [0.25, 0.3) is 0 Å². The summed E-state index contributed by atoms with van der Waals surface area (Å²) in [4.78, 5) is 0. The van der Waals surface area contributed by atoms with E-state index in [1.54, 1.807) is 4.31 Å². The quantitative estimate of drug-likeness (QED) is 0.852. The lowest BCUT2D eigenvalue weighted by Crippen LogP contribution is -2.40. The lowest BCUT2D eigenvalue weighted by Gasteiger charge is -2.30. The second-order valence-electron chi connectivity index (χ2n) is 6.24. The third-order valence-electron chi connectivity index (χ3n) is 3.80. The van der Waals surface area contributed by atoms with Gasteiger partial charge in [-0.3, -0.25) is 4.68 Å². The van der Waals surface area contributed by atoms with Gasteiger partial charge in [-0.2, -0.15) is 5.10 Å². The van der Waals surface area contributed by atoms with E-state index in [0.29, 0.717) is 25.0 Å². The van der Waals surface area contributed by atoms with E-state index < -0.39 is 10.0 Å². The van der Waals surface area contributed by atoms with Crippen LogP contribution in [0.1, 0.15) is 32.3 Å². The van der Waals surface area contributed by atoms with Gasteiger partial charge in [0.15, 0.2) is 0 Å². The van der Waals surface area contributed by atoms with Gasteiger partial charge in [-0.05, 0) is 18.8 Å². The van der Waals surface area contributed by atoms with Gasteiger partial charge in [0.2, 0.25) is 10.0 Å². The van der Waals surface area contributed by atoms with E-state index in [4.69, 9.17) is 0 Å². The minimum Gasteiger partial charge on any atom is -0.310 e. The molecule has 1 saturated heterocycles. The maximum Gasteiger partial charge on any atom is 0.211 e. The van der Waals surface area contributed by atoms with Crippen molar-refractivity contribution in [3.05, 3.63) is 18.0 Å². The minimum atomic E-state index is -3.07. The fraction of sp³-hybridized carbons (Fsp3) is 0.786. The van der Waals surface area contributed by atoms with Crippen LogP contribution in [0.4, 0.5) is 0 Å².